The van der Waals surface area contributed by atoms with Gasteiger partial charge in [-0.1, -0.05) is 29.8 Å². The molecule has 0 saturated heterocycles. The zero-order valence-electron chi connectivity index (χ0n) is 13.3. The van der Waals surface area contributed by atoms with Crippen molar-refractivity contribution in [2.24, 2.45) is 0 Å². The van der Waals surface area contributed by atoms with Crippen LogP contribution in [0.1, 0.15) is 20.8 Å². The van der Waals surface area contributed by atoms with Crippen LogP contribution in [0.2, 0.25) is 5.02 Å². The minimum atomic E-state index is -0.352. The van der Waals surface area contributed by atoms with E-state index in [2.05, 4.69) is 20.8 Å². The van der Waals surface area contributed by atoms with Gasteiger partial charge in [-0.25, -0.2) is 0 Å². The van der Waals surface area contributed by atoms with Crippen molar-refractivity contribution in [3.8, 4) is 11.3 Å². The maximum Gasteiger partial charge on any atom is 0.273 e. The Balaban J connectivity index is 1.77. The molecule has 0 atom stereocenters. The van der Waals surface area contributed by atoms with Gasteiger partial charge in [0.2, 0.25) is 0 Å². The summed E-state index contributed by atoms with van der Waals surface area (Å²) in [5, 5.41) is 12.7. The quantitative estimate of drug-likeness (QED) is 0.671. The summed E-state index contributed by atoms with van der Waals surface area (Å²) in [6, 6.07) is 15.5. The van der Waals surface area contributed by atoms with Crippen LogP contribution in [0.5, 0.6) is 0 Å². The van der Waals surface area contributed by atoms with Gasteiger partial charge in [0.15, 0.2) is 0 Å². The van der Waals surface area contributed by atoms with Gasteiger partial charge >= 0.3 is 0 Å². The molecule has 25 heavy (non-hydrogen) atoms. The van der Waals surface area contributed by atoms with Crippen molar-refractivity contribution >= 4 is 29.1 Å². The highest BCUT2D eigenvalue weighted by molar-refractivity contribution is 6.30. The number of anilines is 1. The number of carbonyl (C=O) groups is 2. The number of hydrogen-bond acceptors (Lipinski definition) is 3. The first-order chi connectivity index (χ1) is 12.1. The number of hydrogen-bond donors (Lipinski definition) is 3. The number of benzene rings is 2. The van der Waals surface area contributed by atoms with Crippen LogP contribution < -0.4 is 10.6 Å². The van der Waals surface area contributed by atoms with E-state index in [9.17, 15) is 9.59 Å². The van der Waals surface area contributed by atoms with Crippen molar-refractivity contribution < 1.29 is 9.59 Å². The molecule has 0 fully saturated rings. The molecule has 0 saturated carbocycles. The standard InChI is InChI=1S/C18H15ClN4O2/c1-20-17(24)12-5-3-7-14(9-12)21-18(25)16-10-15(22-23-16)11-4-2-6-13(19)8-11/h2-10H,1H3,(H,20,24)(H,21,25)(H,22,23). The molecule has 0 radical (unpaired) electrons. The van der Waals surface area contributed by atoms with E-state index in [0.717, 1.165) is 5.56 Å². The van der Waals surface area contributed by atoms with Gasteiger partial charge in [-0.15, -0.1) is 0 Å². The van der Waals surface area contributed by atoms with E-state index < -0.39 is 0 Å². The average molecular weight is 355 g/mol. The molecule has 0 bridgehead atoms. The van der Waals surface area contributed by atoms with E-state index in [-0.39, 0.29) is 11.8 Å². The molecular formula is C18H15ClN4O2. The third-order valence-electron chi connectivity index (χ3n) is 3.55. The maximum absolute atomic E-state index is 12.4. The Morgan fingerprint density at radius 1 is 1.04 bits per heavy atom. The minimum absolute atomic E-state index is 0.221. The van der Waals surface area contributed by atoms with Gasteiger partial charge in [-0.05, 0) is 36.4 Å². The second-order valence-corrected chi connectivity index (χ2v) is 5.73. The Labute approximate surface area is 149 Å². The van der Waals surface area contributed by atoms with Gasteiger partial charge in [0.1, 0.15) is 5.69 Å². The first-order valence-electron chi connectivity index (χ1n) is 7.51. The summed E-state index contributed by atoms with van der Waals surface area (Å²) in [7, 11) is 1.55. The van der Waals surface area contributed by atoms with E-state index >= 15 is 0 Å². The van der Waals surface area contributed by atoms with Gasteiger partial charge in [-0.2, -0.15) is 5.10 Å². The molecule has 0 aliphatic carbocycles. The lowest BCUT2D eigenvalue weighted by Crippen LogP contribution is -2.18. The Morgan fingerprint density at radius 2 is 1.84 bits per heavy atom. The van der Waals surface area contributed by atoms with Gasteiger partial charge < -0.3 is 10.6 Å². The predicted molar refractivity (Wildman–Crippen MR) is 96.8 cm³/mol. The van der Waals surface area contributed by atoms with Crippen LogP contribution in [-0.4, -0.2) is 29.1 Å². The molecule has 0 unspecified atom stereocenters. The van der Waals surface area contributed by atoms with Gasteiger partial charge in [0, 0.05) is 28.9 Å². The number of aromatic nitrogens is 2. The van der Waals surface area contributed by atoms with Crippen LogP contribution in [0.3, 0.4) is 0 Å². The third kappa shape index (κ3) is 3.87. The van der Waals surface area contributed by atoms with Gasteiger partial charge in [-0.3, -0.25) is 14.7 Å². The zero-order valence-corrected chi connectivity index (χ0v) is 14.1. The molecule has 1 heterocycles. The number of rotatable bonds is 4. The third-order valence-corrected chi connectivity index (χ3v) is 3.79. The topological polar surface area (TPSA) is 86.9 Å². The van der Waals surface area contributed by atoms with Crippen molar-refractivity contribution in [3.05, 3.63) is 70.9 Å². The fourth-order valence-electron chi connectivity index (χ4n) is 2.31. The van der Waals surface area contributed by atoms with Crippen molar-refractivity contribution in [1.82, 2.24) is 15.5 Å². The van der Waals surface area contributed by atoms with Crippen molar-refractivity contribution in [1.29, 1.82) is 0 Å². The lowest BCUT2D eigenvalue weighted by molar-refractivity contribution is 0.0961. The molecule has 6 nitrogen and oxygen atoms in total. The number of nitrogens with one attached hydrogen (secondary N) is 3. The zero-order chi connectivity index (χ0) is 17.8. The Hall–Kier alpha value is -3.12. The summed E-state index contributed by atoms with van der Waals surface area (Å²) in [5.74, 6) is -0.573. The molecule has 3 N–H and O–H groups in total. The molecular weight excluding hydrogens is 340 g/mol. The highest BCUT2D eigenvalue weighted by Gasteiger charge is 2.12. The van der Waals surface area contributed by atoms with Crippen molar-refractivity contribution in [3.63, 3.8) is 0 Å². The summed E-state index contributed by atoms with van der Waals surface area (Å²) in [5.41, 5.74) is 2.71. The summed E-state index contributed by atoms with van der Waals surface area (Å²) in [6.45, 7) is 0. The molecule has 7 heteroatoms. The molecule has 0 spiro atoms. The molecule has 126 valence electrons. The van der Waals surface area contributed by atoms with E-state index in [1.807, 2.05) is 12.1 Å². The Morgan fingerprint density at radius 3 is 2.60 bits per heavy atom. The predicted octanol–water partition coefficient (Wildman–Crippen LogP) is 3.34. The summed E-state index contributed by atoms with van der Waals surface area (Å²) in [6.07, 6.45) is 0. The lowest BCUT2D eigenvalue weighted by atomic mass is 10.1. The number of H-pyrrole nitrogens is 1. The SMILES string of the molecule is CNC(=O)c1cccc(NC(=O)c2cc(-c3cccc(Cl)c3)n[nH]2)c1. The second kappa shape index (κ2) is 7.19. The largest absolute Gasteiger partial charge is 0.355 e. The minimum Gasteiger partial charge on any atom is -0.355 e. The molecule has 0 aliphatic heterocycles. The van der Waals surface area contributed by atoms with Crippen molar-refractivity contribution in [2.75, 3.05) is 12.4 Å². The summed E-state index contributed by atoms with van der Waals surface area (Å²) < 4.78 is 0. The summed E-state index contributed by atoms with van der Waals surface area (Å²) >= 11 is 5.97. The molecule has 0 aliphatic rings. The molecule has 2 aromatic carbocycles. The second-order valence-electron chi connectivity index (χ2n) is 5.29. The molecule has 2 amide bonds. The summed E-state index contributed by atoms with van der Waals surface area (Å²) in [4.78, 5) is 24.0. The Bertz CT molecular complexity index is 936. The number of aromatic amines is 1. The fraction of sp³-hybridized carbons (Fsp3) is 0.0556. The molecule has 3 aromatic rings. The monoisotopic (exact) mass is 354 g/mol. The highest BCUT2D eigenvalue weighted by Crippen LogP contribution is 2.21. The smallest absolute Gasteiger partial charge is 0.273 e. The number of nitrogens with zero attached hydrogens (tertiary/aromatic N) is 1. The van der Waals surface area contributed by atoms with E-state index in [4.69, 9.17) is 11.6 Å². The highest BCUT2D eigenvalue weighted by atomic mass is 35.5. The average Bonchev–Trinajstić information content (AvgIpc) is 3.11. The van der Waals surface area contributed by atoms with Crippen LogP contribution in [0.15, 0.2) is 54.6 Å². The molecule has 1 aromatic heterocycles. The van der Waals surface area contributed by atoms with Crippen LogP contribution >= 0.6 is 11.6 Å². The first kappa shape index (κ1) is 16.7. The van der Waals surface area contributed by atoms with Crippen LogP contribution in [0.4, 0.5) is 5.69 Å². The Kier molecular flexibility index (Phi) is 4.81. The van der Waals surface area contributed by atoms with Gasteiger partial charge in [0.25, 0.3) is 11.8 Å². The van der Waals surface area contributed by atoms with Crippen LogP contribution in [0, 0.1) is 0 Å². The van der Waals surface area contributed by atoms with E-state index in [0.29, 0.717) is 27.7 Å². The first-order valence-corrected chi connectivity index (χ1v) is 7.89. The number of halogens is 1. The van der Waals surface area contributed by atoms with Gasteiger partial charge in [0.05, 0.1) is 5.69 Å². The van der Waals surface area contributed by atoms with Crippen LogP contribution in [0.25, 0.3) is 11.3 Å². The van der Waals surface area contributed by atoms with E-state index in [1.54, 1.807) is 49.5 Å². The number of amides is 2. The molecule has 3 rings (SSSR count). The number of carbonyl (C=O) groups excluding carboxylic acids is 2. The van der Waals surface area contributed by atoms with Crippen molar-refractivity contribution in [2.45, 2.75) is 0 Å². The van der Waals surface area contributed by atoms with E-state index in [1.165, 1.54) is 0 Å². The maximum atomic E-state index is 12.4. The van der Waals surface area contributed by atoms with Crippen LogP contribution in [-0.2, 0) is 0 Å². The fourth-order valence-corrected chi connectivity index (χ4v) is 2.50. The normalized spacial score (nSPS) is 10.3. The lowest BCUT2D eigenvalue weighted by Gasteiger charge is -2.05.